The molecule has 1 aromatic carbocycles. The Bertz CT molecular complexity index is 970. The Morgan fingerprint density at radius 1 is 1.00 bits per heavy atom. The third-order valence-corrected chi connectivity index (χ3v) is 4.20. The predicted octanol–water partition coefficient (Wildman–Crippen LogP) is 3.62. The Kier molecular flexibility index (Phi) is 3.61. The molecule has 0 saturated heterocycles. The van der Waals surface area contributed by atoms with Crippen LogP contribution in [0.25, 0.3) is 0 Å². The molecule has 1 aliphatic carbocycles. The molecule has 1 atom stereocenters. The lowest BCUT2D eigenvalue weighted by atomic mass is 9.89. The van der Waals surface area contributed by atoms with Crippen LogP contribution < -0.4 is 10.6 Å². The van der Waals surface area contributed by atoms with Crippen molar-refractivity contribution in [1.82, 2.24) is 10.3 Å². The van der Waals surface area contributed by atoms with E-state index in [2.05, 4.69) is 20.9 Å². The van der Waals surface area contributed by atoms with Gasteiger partial charge in [0.1, 0.15) is 5.69 Å². The number of nitrogens with one attached hydrogen (secondary N) is 2. The second-order valence-corrected chi connectivity index (χ2v) is 5.84. The van der Waals surface area contributed by atoms with Crippen molar-refractivity contribution in [3.8, 4) is 0 Å². The van der Waals surface area contributed by atoms with E-state index in [-0.39, 0.29) is 11.8 Å². The van der Waals surface area contributed by atoms with Crippen LogP contribution in [0.4, 0.5) is 11.4 Å². The van der Waals surface area contributed by atoms with Crippen molar-refractivity contribution in [2.75, 3.05) is 10.6 Å². The van der Waals surface area contributed by atoms with Crippen LogP contribution in [0.15, 0.2) is 57.5 Å². The van der Waals surface area contributed by atoms with E-state index in [0.29, 0.717) is 28.5 Å². The minimum atomic E-state index is -0.199. The lowest BCUT2D eigenvalue weighted by molar-refractivity contribution is 0.103. The van der Waals surface area contributed by atoms with Crippen LogP contribution in [-0.4, -0.2) is 16.1 Å². The maximum Gasteiger partial charge on any atom is 0.209 e. The summed E-state index contributed by atoms with van der Waals surface area (Å²) in [5.41, 5.74) is 3.47. The number of aryl methyl sites for hydroxylation is 2. The van der Waals surface area contributed by atoms with Crippen molar-refractivity contribution in [3.05, 3.63) is 71.1 Å². The fraction of sp³-hybridized carbons (Fsp3) is 0.167. The first-order valence-electron chi connectivity index (χ1n) is 7.85. The summed E-state index contributed by atoms with van der Waals surface area (Å²) >= 11 is 0. The number of benzene rings is 1. The smallest absolute Gasteiger partial charge is 0.209 e. The zero-order chi connectivity index (χ0) is 17.4. The van der Waals surface area contributed by atoms with Crippen LogP contribution >= 0.6 is 0 Å². The number of carbonyl (C=O) groups is 1. The van der Waals surface area contributed by atoms with Crippen LogP contribution in [0.3, 0.4) is 0 Å². The molecule has 1 aliphatic rings. The van der Waals surface area contributed by atoms with Crippen molar-refractivity contribution < 1.29 is 13.8 Å². The summed E-state index contributed by atoms with van der Waals surface area (Å²) in [7, 11) is 0. The number of carbonyl (C=O) groups excluding carboxylic acids is 1. The zero-order valence-electron chi connectivity index (χ0n) is 13.7. The van der Waals surface area contributed by atoms with Crippen molar-refractivity contribution in [1.29, 1.82) is 0 Å². The van der Waals surface area contributed by atoms with E-state index in [1.165, 1.54) is 0 Å². The van der Waals surface area contributed by atoms with Gasteiger partial charge in [-0.05, 0) is 25.5 Å². The van der Waals surface area contributed by atoms with E-state index in [1.807, 2.05) is 37.3 Å². The number of aromatic nitrogens is 2. The summed E-state index contributed by atoms with van der Waals surface area (Å²) in [5.74, 6) is 1.23. The third kappa shape index (κ3) is 2.69. The van der Waals surface area contributed by atoms with Gasteiger partial charge in [0, 0.05) is 5.56 Å². The molecule has 1 unspecified atom stereocenters. The van der Waals surface area contributed by atoms with Crippen molar-refractivity contribution >= 4 is 17.2 Å². The second kappa shape index (κ2) is 5.94. The number of allylic oxidation sites excluding steroid dienone is 1. The maximum absolute atomic E-state index is 12.8. The molecule has 25 heavy (non-hydrogen) atoms. The number of hydrogen-bond donors (Lipinski definition) is 2. The Balaban J connectivity index is 1.73. The van der Waals surface area contributed by atoms with Gasteiger partial charge in [-0.2, -0.15) is 0 Å². The van der Waals surface area contributed by atoms with Crippen LogP contribution in [0.5, 0.6) is 0 Å². The minimum Gasteiger partial charge on any atom is -0.370 e. The van der Waals surface area contributed by atoms with E-state index in [4.69, 9.17) is 9.05 Å². The normalized spacial score (nSPS) is 16.3. The van der Waals surface area contributed by atoms with Gasteiger partial charge in [0.25, 0.3) is 0 Å². The quantitative estimate of drug-likeness (QED) is 0.751. The molecule has 2 N–H and O–H groups in total. The SMILES string of the molecule is Cc1oncc1NC1=CC(Nc2cnoc2C)c2ccccc2C1=O. The minimum absolute atomic E-state index is 0.0729. The van der Waals surface area contributed by atoms with Gasteiger partial charge in [0.2, 0.25) is 5.78 Å². The van der Waals surface area contributed by atoms with E-state index < -0.39 is 0 Å². The highest BCUT2D eigenvalue weighted by atomic mass is 16.5. The van der Waals surface area contributed by atoms with Crippen LogP contribution in [0.2, 0.25) is 0 Å². The summed E-state index contributed by atoms with van der Waals surface area (Å²) < 4.78 is 10.2. The van der Waals surface area contributed by atoms with Crippen LogP contribution in [-0.2, 0) is 0 Å². The number of rotatable bonds is 4. The molecule has 7 heteroatoms. The number of anilines is 2. The Hall–Kier alpha value is -3.35. The van der Waals surface area contributed by atoms with Gasteiger partial charge in [-0.15, -0.1) is 0 Å². The van der Waals surface area contributed by atoms with Crippen molar-refractivity contribution in [3.63, 3.8) is 0 Å². The molecule has 126 valence electrons. The molecular formula is C18H16N4O3. The molecule has 0 aliphatic heterocycles. The first-order valence-corrected chi connectivity index (χ1v) is 7.85. The number of hydrogen-bond acceptors (Lipinski definition) is 7. The summed E-state index contributed by atoms with van der Waals surface area (Å²) in [6, 6.07) is 7.33. The molecule has 0 amide bonds. The topological polar surface area (TPSA) is 93.2 Å². The van der Waals surface area contributed by atoms with Gasteiger partial charge in [-0.25, -0.2) is 0 Å². The van der Waals surface area contributed by atoms with Gasteiger partial charge < -0.3 is 19.7 Å². The predicted molar refractivity (Wildman–Crippen MR) is 91.3 cm³/mol. The monoisotopic (exact) mass is 336 g/mol. The first-order chi connectivity index (χ1) is 12.1. The van der Waals surface area contributed by atoms with E-state index in [0.717, 1.165) is 11.3 Å². The van der Waals surface area contributed by atoms with Gasteiger partial charge in [0.05, 0.1) is 29.8 Å². The molecule has 0 spiro atoms. The maximum atomic E-state index is 12.8. The van der Waals surface area contributed by atoms with Gasteiger partial charge >= 0.3 is 0 Å². The number of fused-ring (bicyclic) bond motifs is 1. The lowest BCUT2D eigenvalue weighted by Gasteiger charge is -2.25. The van der Waals surface area contributed by atoms with E-state index in [9.17, 15) is 4.79 Å². The molecule has 0 fully saturated rings. The number of ketones is 1. The molecule has 0 radical (unpaired) electrons. The second-order valence-electron chi connectivity index (χ2n) is 5.84. The Labute approximate surface area is 143 Å². The fourth-order valence-electron chi connectivity index (χ4n) is 2.84. The summed E-state index contributed by atoms with van der Waals surface area (Å²) in [6.45, 7) is 3.62. The van der Waals surface area contributed by atoms with E-state index in [1.54, 1.807) is 19.3 Å². The highest BCUT2D eigenvalue weighted by Crippen LogP contribution is 2.32. The summed E-state index contributed by atoms with van der Waals surface area (Å²) in [6.07, 6.45) is 5.03. The highest BCUT2D eigenvalue weighted by molar-refractivity contribution is 6.12. The standard InChI is InChI=1S/C18H16N4O3/c1-10-16(8-19-24-10)21-14-7-15(22-17-9-20-25-11(17)2)18(23)13-6-4-3-5-12(13)14/h3-9,14,21-22H,1-2H3. The zero-order valence-corrected chi connectivity index (χ0v) is 13.7. The number of Topliss-reactive ketones (excluding diaryl/α,β-unsaturated/α-hetero) is 1. The van der Waals surface area contributed by atoms with Crippen LogP contribution in [0.1, 0.15) is 33.5 Å². The summed E-state index contributed by atoms with van der Waals surface area (Å²) in [5, 5.41) is 14.0. The van der Waals surface area contributed by atoms with E-state index >= 15 is 0 Å². The fourth-order valence-corrected chi connectivity index (χ4v) is 2.84. The molecular weight excluding hydrogens is 320 g/mol. The van der Waals surface area contributed by atoms with Crippen molar-refractivity contribution in [2.24, 2.45) is 0 Å². The first kappa shape index (κ1) is 15.2. The molecule has 7 nitrogen and oxygen atoms in total. The molecule has 0 bridgehead atoms. The lowest BCUT2D eigenvalue weighted by Crippen LogP contribution is -2.24. The highest BCUT2D eigenvalue weighted by Gasteiger charge is 2.28. The van der Waals surface area contributed by atoms with Gasteiger partial charge in [0.15, 0.2) is 11.5 Å². The Morgan fingerprint density at radius 3 is 2.36 bits per heavy atom. The van der Waals surface area contributed by atoms with Gasteiger partial charge in [-0.3, -0.25) is 4.79 Å². The van der Waals surface area contributed by atoms with Crippen LogP contribution in [0, 0.1) is 13.8 Å². The average molecular weight is 336 g/mol. The molecule has 0 saturated carbocycles. The molecule has 4 rings (SSSR count). The summed E-state index contributed by atoms with van der Waals surface area (Å²) in [4.78, 5) is 12.8. The largest absolute Gasteiger partial charge is 0.370 e. The van der Waals surface area contributed by atoms with Crippen molar-refractivity contribution in [2.45, 2.75) is 19.9 Å². The Morgan fingerprint density at radius 2 is 1.68 bits per heavy atom. The number of nitrogens with zero attached hydrogens (tertiary/aromatic N) is 2. The van der Waals surface area contributed by atoms with Gasteiger partial charge in [-0.1, -0.05) is 34.6 Å². The molecule has 2 aromatic heterocycles. The molecule has 2 heterocycles. The molecule has 3 aromatic rings. The third-order valence-electron chi connectivity index (χ3n) is 4.20. The average Bonchev–Trinajstić information content (AvgIpc) is 3.21.